The van der Waals surface area contributed by atoms with E-state index >= 15 is 0 Å². The minimum atomic E-state index is -1.10. The maximum Gasteiger partial charge on any atom is 0.160 e. The smallest absolute Gasteiger partial charge is 0.160 e. The summed E-state index contributed by atoms with van der Waals surface area (Å²) in [4.78, 5) is 0. The molecular formula is C27H31NO2. The van der Waals surface area contributed by atoms with Gasteiger partial charge in [-0.3, -0.25) is 5.32 Å². The summed E-state index contributed by atoms with van der Waals surface area (Å²) in [6.07, 6.45) is 2.88. The molecule has 2 N–H and O–H groups in total. The van der Waals surface area contributed by atoms with Gasteiger partial charge in [-0.25, -0.2) is 0 Å². The monoisotopic (exact) mass is 401 g/mol. The van der Waals surface area contributed by atoms with Gasteiger partial charge < -0.3 is 9.84 Å². The van der Waals surface area contributed by atoms with E-state index in [0.717, 1.165) is 19.3 Å². The summed E-state index contributed by atoms with van der Waals surface area (Å²) in [5.41, 5.74) is 3.19. The van der Waals surface area contributed by atoms with Crippen LogP contribution in [0.5, 0.6) is 0 Å². The topological polar surface area (TPSA) is 41.5 Å². The summed E-state index contributed by atoms with van der Waals surface area (Å²) in [6, 6.07) is 32.3. The lowest BCUT2D eigenvalue weighted by atomic mass is 9.76. The van der Waals surface area contributed by atoms with Crippen LogP contribution in [0.2, 0.25) is 0 Å². The number of benzene rings is 3. The van der Waals surface area contributed by atoms with Crippen molar-refractivity contribution < 1.29 is 9.84 Å². The first-order valence-corrected chi connectivity index (χ1v) is 10.8. The van der Waals surface area contributed by atoms with E-state index in [2.05, 4.69) is 96.3 Å². The van der Waals surface area contributed by atoms with Crippen molar-refractivity contribution in [3.05, 3.63) is 108 Å². The van der Waals surface area contributed by atoms with Crippen LogP contribution in [0.1, 0.15) is 49.8 Å². The van der Waals surface area contributed by atoms with Gasteiger partial charge in [-0.2, -0.15) is 0 Å². The summed E-state index contributed by atoms with van der Waals surface area (Å²) in [6.45, 7) is 3.41. The summed E-state index contributed by atoms with van der Waals surface area (Å²) in [5, 5.41) is 14.1. The zero-order chi connectivity index (χ0) is 21.0. The average molecular weight is 402 g/mol. The van der Waals surface area contributed by atoms with Crippen LogP contribution < -0.4 is 5.32 Å². The van der Waals surface area contributed by atoms with Gasteiger partial charge in [0.15, 0.2) is 5.79 Å². The van der Waals surface area contributed by atoms with E-state index < -0.39 is 11.3 Å². The third kappa shape index (κ3) is 4.49. The second-order valence-electron chi connectivity index (χ2n) is 8.69. The first-order chi connectivity index (χ1) is 14.5. The van der Waals surface area contributed by atoms with Crippen molar-refractivity contribution in [3.63, 3.8) is 0 Å². The Morgan fingerprint density at radius 1 is 0.733 bits per heavy atom. The molecule has 1 fully saturated rings. The minimum Gasteiger partial charge on any atom is -0.366 e. The molecule has 2 atom stereocenters. The van der Waals surface area contributed by atoms with Crippen molar-refractivity contribution in [2.24, 2.45) is 0 Å². The molecule has 0 amide bonds. The van der Waals surface area contributed by atoms with Crippen LogP contribution in [-0.2, 0) is 10.3 Å². The summed E-state index contributed by atoms with van der Waals surface area (Å²) < 4.78 is 5.88. The number of ether oxygens (including phenoxy) is 1. The molecule has 0 saturated heterocycles. The van der Waals surface area contributed by atoms with Gasteiger partial charge in [-0.1, -0.05) is 91.0 Å². The molecule has 0 radical (unpaired) electrons. The van der Waals surface area contributed by atoms with Crippen molar-refractivity contribution in [3.8, 4) is 0 Å². The number of hydrogen-bond acceptors (Lipinski definition) is 3. The second-order valence-corrected chi connectivity index (χ2v) is 8.69. The van der Waals surface area contributed by atoms with Gasteiger partial charge in [0.25, 0.3) is 0 Å². The average Bonchev–Trinajstić information content (AvgIpc) is 3.19. The number of nitrogens with one attached hydrogen (secondary N) is 1. The third-order valence-corrected chi connectivity index (χ3v) is 5.88. The van der Waals surface area contributed by atoms with Crippen LogP contribution in [0.15, 0.2) is 91.0 Å². The predicted octanol–water partition coefficient (Wildman–Crippen LogP) is 5.23. The number of aliphatic hydroxyl groups is 1. The fraction of sp³-hybridized carbons (Fsp3) is 0.333. The Labute approximate surface area is 179 Å². The van der Waals surface area contributed by atoms with Crippen LogP contribution in [0, 0.1) is 0 Å². The first kappa shape index (κ1) is 20.8. The highest BCUT2D eigenvalue weighted by Gasteiger charge is 2.40. The van der Waals surface area contributed by atoms with Gasteiger partial charge in [0.05, 0.1) is 11.6 Å². The predicted molar refractivity (Wildman–Crippen MR) is 121 cm³/mol. The van der Waals surface area contributed by atoms with Crippen molar-refractivity contribution in [2.45, 2.75) is 56.6 Å². The van der Waals surface area contributed by atoms with Gasteiger partial charge in [0, 0.05) is 6.04 Å². The van der Waals surface area contributed by atoms with E-state index in [0.29, 0.717) is 0 Å². The molecule has 3 aromatic rings. The molecule has 3 aromatic carbocycles. The Morgan fingerprint density at radius 2 is 1.17 bits per heavy atom. The van der Waals surface area contributed by atoms with Crippen LogP contribution in [0.3, 0.4) is 0 Å². The van der Waals surface area contributed by atoms with Crippen LogP contribution >= 0.6 is 0 Å². The second kappa shape index (κ2) is 8.73. The lowest BCUT2D eigenvalue weighted by Crippen LogP contribution is -2.49. The zero-order valence-electron chi connectivity index (χ0n) is 17.8. The third-order valence-electron chi connectivity index (χ3n) is 5.88. The van der Waals surface area contributed by atoms with Gasteiger partial charge in [0.1, 0.15) is 0 Å². The van der Waals surface area contributed by atoms with E-state index in [1.807, 2.05) is 0 Å². The molecule has 30 heavy (non-hydrogen) atoms. The Morgan fingerprint density at radius 3 is 1.57 bits per heavy atom. The Hall–Kier alpha value is -2.46. The Balaban J connectivity index is 1.76. The summed E-state index contributed by atoms with van der Waals surface area (Å²) in [7, 11) is 0. The molecule has 3 nitrogen and oxygen atoms in total. The molecule has 2 unspecified atom stereocenters. The standard InChI is InChI=1S/C27H31NO2/c1-26(2,29)30-25-19-18-24(20-25)28-27(21-12-6-3-7-13-21,22-14-8-4-9-15-22)23-16-10-5-11-17-23/h3-17,24-25,28-29H,18-20H2,1-2H3. The lowest BCUT2D eigenvalue weighted by molar-refractivity contribution is -0.203. The minimum absolute atomic E-state index is 0.0579. The van der Waals surface area contributed by atoms with Crippen molar-refractivity contribution >= 4 is 0 Å². The number of rotatable bonds is 7. The molecule has 0 aliphatic heterocycles. The molecule has 1 aliphatic rings. The normalized spacial score (nSPS) is 19.7. The number of hydrogen-bond donors (Lipinski definition) is 2. The maximum atomic E-state index is 10.1. The highest BCUT2D eigenvalue weighted by Crippen LogP contribution is 2.39. The first-order valence-electron chi connectivity index (χ1n) is 10.8. The fourth-order valence-electron chi connectivity index (χ4n) is 4.71. The molecule has 3 heteroatoms. The fourth-order valence-corrected chi connectivity index (χ4v) is 4.71. The molecule has 156 valence electrons. The van der Waals surface area contributed by atoms with E-state index in [1.54, 1.807) is 13.8 Å². The molecule has 0 heterocycles. The highest BCUT2D eigenvalue weighted by atomic mass is 16.6. The van der Waals surface area contributed by atoms with E-state index in [1.165, 1.54) is 16.7 Å². The van der Waals surface area contributed by atoms with E-state index in [4.69, 9.17) is 4.74 Å². The lowest BCUT2D eigenvalue weighted by Gasteiger charge is -2.39. The van der Waals surface area contributed by atoms with Gasteiger partial charge >= 0.3 is 0 Å². The van der Waals surface area contributed by atoms with Crippen molar-refractivity contribution in [2.75, 3.05) is 0 Å². The molecule has 1 saturated carbocycles. The Kier molecular flexibility index (Phi) is 6.05. The highest BCUT2D eigenvalue weighted by molar-refractivity contribution is 5.49. The molecule has 0 bridgehead atoms. The largest absolute Gasteiger partial charge is 0.366 e. The van der Waals surface area contributed by atoms with E-state index in [9.17, 15) is 5.11 Å². The van der Waals surface area contributed by atoms with Crippen molar-refractivity contribution in [1.82, 2.24) is 5.32 Å². The summed E-state index contributed by atoms with van der Waals surface area (Å²) >= 11 is 0. The zero-order valence-corrected chi connectivity index (χ0v) is 17.8. The molecular weight excluding hydrogens is 370 g/mol. The van der Waals surface area contributed by atoms with Crippen molar-refractivity contribution in [1.29, 1.82) is 0 Å². The van der Waals surface area contributed by atoms with Gasteiger partial charge in [0.2, 0.25) is 0 Å². The molecule has 0 aromatic heterocycles. The molecule has 1 aliphatic carbocycles. The van der Waals surface area contributed by atoms with E-state index in [-0.39, 0.29) is 12.1 Å². The van der Waals surface area contributed by atoms with Crippen LogP contribution in [0.25, 0.3) is 0 Å². The Bertz CT molecular complexity index is 823. The van der Waals surface area contributed by atoms with Gasteiger partial charge in [-0.15, -0.1) is 0 Å². The molecule has 0 spiro atoms. The summed E-state index contributed by atoms with van der Waals surface area (Å²) in [5.74, 6) is -1.10. The molecule has 4 rings (SSSR count). The quantitative estimate of drug-likeness (QED) is 0.420. The maximum absolute atomic E-state index is 10.1. The SMILES string of the molecule is CC(C)(O)OC1CCC(NC(c2ccccc2)(c2ccccc2)c2ccccc2)C1. The van der Waals surface area contributed by atoms with Gasteiger partial charge in [-0.05, 0) is 49.8 Å². The van der Waals surface area contributed by atoms with Crippen LogP contribution in [0.4, 0.5) is 0 Å². The van der Waals surface area contributed by atoms with Crippen LogP contribution in [-0.4, -0.2) is 23.0 Å².